The number of halogens is 1. The van der Waals surface area contributed by atoms with Gasteiger partial charge in [0.2, 0.25) is 5.91 Å². The first-order valence-electron chi connectivity index (χ1n) is 15.4. The second-order valence-corrected chi connectivity index (χ2v) is 11.7. The minimum Gasteiger partial charge on any atom is -0.480 e. The van der Waals surface area contributed by atoms with Crippen molar-refractivity contribution in [2.45, 2.75) is 68.9 Å². The average molecular weight is 592 g/mol. The van der Waals surface area contributed by atoms with E-state index in [4.69, 9.17) is 9.72 Å². The molecule has 1 fully saturated rings. The van der Waals surface area contributed by atoms with Crippen molar-refractivity contribution < 1.29 is 23.8 Å². The van der Waals surface area contributed by atoms with Crippen molar-refractivity contribution >= 4 is 28.5 Å². The minimum absolute atomic E-state index is 0.195. The van der Waals surface area contributed by atoms with Crippen LogP contribution in [0.15, 0.2) is 48.7 Å². The van der Waals surface area contributed by atoms with E-state index < -0.39 is 30.2 Å². The molecular formula is C33H42FN5O4. The lowest BCUT2D eigenvalue weighted by Crippen LogP contribution is -2.48. The SMILES string of the molecule is CO[C@H](CF)CN(CCCCc1ccc2c(n1)NCCC2)CC[C@H](NC(=O)C1(c2nccc3ccccc23)CC1)C(=O)O. The highest BCUT2D eigenvalue weighted by Gasteiger charge is 2.54. The Bertz CT molecular complexity index is 1410. The number of unbranched alkanes of at least 4 members (excludes halogenated alkanes) is 1. The van der Waals surface area contributed by atoms with Gasteiger partial charge in [0.25, 0.3) is 0 Å². The highest BCUT2D eigenvalue weighted by molar-refractivity contribution is 5.98. The third-order valence-corrected chi connectivity index (χ3v) is 8.73. The first-order chi connectivity index (χ1) is 20.9. The highest BCUT2D eigenvalue weighted by Crippen LogP contribution is 2.49. The Kier molecular flexibility index (Phi) is 10.2. The summed E-state index contributed by atoms with van der Waals surface area (Å²) in [7, 11) is 1.48. The van der Waals surface area contributed by atoms with Gasteiger partial charge < -0.3 is 25.4 Å². The predicted molar refractivity (Wildman–Crippen MR) is 164 cm³/mol. The van der Waals surface area contributed by atoms with E-state index in [9.17, 15) is 19.1 Å². The zero-order chi connectivity index (χ0) is 30.2. The van der Waals surface area contributed by atoms with Crippen LogP contribution in [0.4, 0.5) is 10.2 Å². The van der Waals surface area contributed by atoms with Crippen molar-refractivity contribution in [2.75, 3.05) is 45.3 Å². The molecule has 43 heavy (non-hydrogen) atoms. The Hall–Kier alpha value is -3.63. The number of carboxylic acids is 1. The molecule has 9 nitrogen and oxygen atoms in total. The van der Waals surface area contributed by atoms with Crippen LogP contribution in [0.3, 0.4) is 0 Å². The summed E-state index contributed by atoms with van der Waals surface area (Å²) in [6.07, 6.45) is 7.30. The number of pyridine rings is 2. The van der Waals surface area contributed by atoms with Gasteiger partial charge in [0.05, 0.1) is 17.2 Å². The summed E-state index contributed by atoms with van der Waals surface area (Å²) in [5, 5.41) is 18.1. The van der Waals surface area contributed by atoms with Crippen LogP contribution in [0.25, 0.3) is 10.8 Å². The molecule has 0 saturated heterocycles. The number of hydrogen-bond donors (Lipinski definition) is 3. The summed E-state index contributed by atoms with van der Waals surface area (Å²) in [5.41, 5.74) is 2.19. The molecule has 0 radical (unpaired) electrons. The fourth-order valence-electron chi connectivity index (χ4n) is 5.98. The molecule has 5 rings (SSSR count). The first-order valence-corrected chi connectivity index (χ1v) is 15.4. The van der Waals surface area contributed by atoms with Crippen molar-refractivity contribution in [3.05, 3.63) is 65.6 Å². The van der Waals surface area contributed by atoms with Crippen molar-refractivity contribution in [3.8, 4) is 0 Å². The van der Waals surface area contributed by atoms with Gasteiger partial charge in [-0.2, -0.15) is 0 Å². The normalized spacial score (nSPS) is 16.7. The van der Waals surface area contributed by atoms with Gasteiger partial charge in [0, 0.05) is 44.0 Å². The van der Waals surface area contributed by atoms with E-state index >= 15 is 0 Å². The topological polar surface area (TPSA) is 117 Å². The lowest BCUT2D eigenvalue weighted by Gasteiger charge is -2.27. The number of fused-ring (bicyclic) bond motifs is 2. The van der Waals surface area contributed by atoms with Gasteiger partial charge in [-0.1, -0.05) is 30.3 Å². The number of amides is 1. The molecule has 0 bridgehead atoms. The van der Waals surface area contributed by atoms with E-state index in [1.165, 1.54) is 12.7 Å². The van der Waals surface area contributed by atoms with Gasteiger partial charge in [0.1, 0.15) is 18.5 Å². The molecule has 3 heterocycles. The average Bonchev–Trinajstić information content (AvgIpc) is 3.85. The maximum Gasteiger partial charge on any atom is 0.326 e. The molecule has 0 spiro atoms. The summed E-state index contributed by atoms with van der Waals surface area (Å²) in [4.78, 5) is 37.1. The van der Waals surface area contributed by atoms with Crippen LogP contribution in [0, 0.1) is 0 Å². The summed E-state index contributed by atoms with van der Waals surface area (Å²) >= 11 is 0. The minimum atomic E-state index is -1.09. The number of aliphatic carboxylic acids is 1. The van der Waals surface area contributed by atoms with Crippen LogP contribution in [-0.2, 0) is 32.6 Å². The zero-order valence-corrected chi connectivity index (χ0v) is 24.9. The number of alkyl halides is 1. The van der Waals surface area contributed by atoms with E-state index in [1.807, 2.05) is 35.2 Å². The van der Waals surface area contributed by atoms with Gasteiger partial charge in [-0.05, 0) is 81.0 Å². The standard InChI is InChI=1S/C33H42FN5O4/c1-43-26(21-34)22-39(19-5-4-9-25-12-11-24-8-6-17-36-30(24)37-25)20-14-28(31(40)41)38-32(42)33(15-16-33)29-27-10-3-2-7-23(27)13-18-35-29/h2-3,7,10-13,18,26,28H,4-6,8-9,14-17,19-22H2,1H3,(H,36,37)(H,38,42)(H,40,41)/t26-,28+/m1/s1. The van der Waals surface area contributed by atoms with Gasteiger partial charge in [-0.3, -0.25) is 9.78 Å². The summed E-state index contributed by atoms with van der Waals surface area (Å²) in [5.74, 6) is -0.404. The lowest BCUT2D eigenvalue weighted by atomic mass is 9.95. The van der Waals surface area contributed by atoms with Crippen LogP contribution in [-0.4, -0.2) is 84.0 Å². The molecule has 1 saturated carbocycles. The third kappa shape index (κ3) is 7.48. The number of benzene rings is 1. The molecule has 1 amide bonds. The maximum absolute atomic E-state index is 13.6. The van der Waals surface area contributed by atoms with Crippen LogP contribution >= 0.6 is 0 Å². The van der Waals surface area contributed by atoms with Crippen LogP contribution < -0.4 is 10.6 Å². The van der Waals surface area contributed by atoms with Gasteiger partial charge in [-0.25, -0.2) is 14.2 Å². The second kappa shape index (κ2) is 14.2. The number of anilines is 1. The highest BCUT2D eigenvalue weighted by atomic mass is 19.1. The number of nitrogens with zero attached hydrogens (tertiary/aromatic N) is 3. The Labute approximate surface area is 252 Å². The number of carbonyl (C=O) groups excluding carboxylic acids is 1. The number of ether oxygens (including phenoxy) is 1. The van der Waals surface area contributed by atoms with Crippen LogP contribution in [0.5, 0.6) is 0 Å². The quantitative estimate of drug-likeness (QED) is 0.211. The number of nitrogens with one attached hydrogen (secondary N) is 2. The molecular weight excluding hydrogens is 549 g/mol. The molecule has 1 aromatic carbocycles. The van der Waals surface area contributed by atoms with E-state index in [1.54, 1.807) is 6.20 Å². The summed E-state index contributed by atoms with van der Waals surface area (Å²) < 4.78 is 18.8. The number of methoxy groups -OCH3 is 1. The molecule has 3 aromatic rings. The molecule has 2 aliphatic rings. The Morgan fingerprint density at radius 1 is 1.16 bits per heavy atom. The first kappa shape index (κ1) is 30.8. The summed E-state index contributed by atoms with van der Waals surface area (Å²) in [6.45, 7) is 1.72. The summed E-state index contributed by atoms with van der Waals surface area (Å²) in [6, 6.07) is 12.9. The number of carboxylic acid groups (broad SMARTS) is 1. The monoisotopic (exact) mass is 591 g/mol. The smallest absolute Gasteiger partial charge is 0.326 e. The predicted octanol–water partition coefficient (Wildman–Crippen LogP) is 4.29. The molecule has 1 aliphatic heterocycles. The lowest BCUT2D eigenvalue weighted by molar-refractivity contribution is -0.142. The molecule has 1 aliphatic carbocycles. The fourth-order valence-corrected chi connectivity index (χ4v) is 5.98. The van der Waals surface area contributed by atoms with Crippen LogP contribution in [0.1, 0.15) is 55.5 Å². The Morgan fingerprint density at radius 3 is 2.77 bits per heavy atom. The molecule has 2 aromatic heterocycles. The fraction of sp³-hybridized carbons (Fsp3) is 0.515. The van der Waals surface area contributed by atoms with Crippen molar-refractivity contribution in [3.63, 3.8) is 0 Å². The van der Waals surface area contributed by atoms with E-state index in [0.717, 1.165) is 60.9 Å². The van der Waals surface area contributed by atoms with E-state index in [0.29, 0.717) is 38.2 Å². The molecule has 10 heteroatoms. The molecule has 230 valence electrons. The number of aromatic nitrogens is 2. The second-order valence-electron chi connectivity index (χ2n) is 11.7. The van der Waals surface area contributed by atoms with E-state index in [-0.39, 0.29) is 12.3 Å². The van der Waals surface area contributed by atoms with Gasteiger partial charge in [0.15, 0.2) is 0 Å². The largest absolute Gasteiger partial charge is 0.480 e. The number of rotatable bonds is 16. The molecule has 2 atom stereocenters. The van der Waals surface area contributed by atoms with Crippen molar-refractivity contribution in [1.29, 1.82) is 0 Å². The molecule has 3 N–H and O–H groups in total. The van der Waals surface area contributed by atoms with Crippen LogP contribution in [0.2, 0.25) is 0 Å². The number of aryl methyl sites for hydroxylation is 2. The van der Waals surface area contributed by atoms with Crippen molar-refractivity contribution in [1.82, 2.24) is 20.2 Å². The number of carbonyl (C=O) groups is 2. The maximum atomic E-state index is 13.6. The third-order valence-electron chi connectivity index (χ3n) is 8.73. The van der Waals surface area contributed by atoms with Crippen molar-refractivity contribution in [2.24, 2.45) is 0 Å². The van der Waals surface area contributed by atoms with Gasteiger partial charge in [-0.15, -0.1) is 0 Å². The number of hydrogen-bond acceptors (Lipinski definition) is 7. The molecule has 0 unspecified atom stereocenters. The Morgan fingerprint density at radius 2 is 2.00 bits per heavy atom. The van der Waals surface area contributed by atoms with E-state index in [2.05, 4.69) is 27.8 Å². The zero-order valence-electron chi connectivity index (χ0n) is 24.9. The van der Waals surface area contributed by atoms with Gasteiger partial charge >= 0.3 is 5.97 Å². The Balaban J connectivity index is 1.18.